The lowest BCUT2D eigenvalue weighted by Crippen LogP contribution is -2.34. The van der Waals surface area contributed by atoms with Gasteiger partial charge in [-0.15, -0.1) is 0 Å². The second-order valence-corrected chi connectivity index (χ2v) is 5.93. The van der Waals surface area contributed by atoms with Gasteiger partial charge < -0.3 is 15.2 Å². The maximum atomic E-state index is 11.9. The van der Waals surface area contributed by atoms with E-state index in [2.05, 4.69) is 10.0 Å². The molecule has 0 aliphatic rings. The Morgan fingerprint density at radius 1 is 1.35 bits per heavy atom. The molecule has 1 aromatic rings. The van der Waals surface area contributed by atoms with Crippen molar-refractivity contribution < 1.29 is 23.1 Å². The summed E-state index contributed by atoms with van der Waals surface area (Å²) in [4.78, 5) is 10.9. The minimum Gasteiger partial charge on any atom is -0.389 e. The molecule has 0 aromatic heterocycles. The van der Waals surface area contributed by atoms with Gasteiger partial charge in [0, 0.05) is 26.3 Å². The van der Waals surface area contributed by atoms with Crippen molar-refractivity contribution in [2.24, 2.45) is 0 Å². The van der Waals surface area contributed by atoms with Crippen LogP contribution in [-0.2, 0) is 19.6 Å². The predicted octanol–water partition coefficient (Wildman–Crippen LogP) is -0.0694. The van der Waals surface area contributed by atoms with E-state index in [0.717, 1.165) is 0 Å². The van der Waals surface area contributed by atoms with Gasteiger partial charge in [0.1, 0.15) is 0 Å². The van der Waals surface area contributed by atoms with Crippen molar-refractivity contribution in [3.05, 3.63) is 24.3 Å². The van der Waals surface area contributed by atoms with Crippen LogP contribution in [0.2, 0.25) is 0 Å². The Balaban J connectivity index is 2.70. The summed E-state index contributed by atoms with van der Waals surface area (Å²) in [7, 11) is -2.28. The molecule has 0 saturated heterocycles. The van der Waals surface area contributed by atoms with Crippen molar-refractivity contribution in [2.45, 2.75) is 17.9 Å². The number of benzene rings is 1. The lowest BCUT2D eigenvalue weighted by molar-refractivity contribution is -0.114. The summed E-state index contributed by atoms with van der Waals surface area (Å²) in [5.41, 5.74) is 0.510. The Bertz CT molecular complexity index is 541. The van der Waals surface area contributed by atoms with E-state index in [4.69, 9.17) is 4.74 Å². The molecule has 1 atom stereocenters. The number of nitrogens with one attached hydrogen (secondary N) is 2. The zero-order valence-corrected chi connectivity index (χ0v) is 12.1. The molecule has 20 heavy (non-hydrogen) atoms. The molecule has 0 aliphatic carbocycles. The number of carbonyl (C=O) groups excluding carboxylic acids is 1. The van der Waals surface area contributed by atoms with Crippen LogP contribution in [0.1, 0.15) is 6.92 Å². The average Bonchev–Trinajstić information content (AvgIpc) is 2.37. The Morgan fingerprint density at radius 3 is 2.45 bits per heavy atom. The Hall–Kier alpha value is -1.48. The molecular formula is C12H18N2O5S. The van der Waals surface area contributed by atoms with Gasteiger partial charge in [-0.3, -0.25) is 4.79 Å². The molecule has 0 spiro atoms. The van der Waals surface area contributed by atoms with Crippen molar-refractivity contribution in [3.63, 3.8) is 0 Å². The summed E-state index contributed by atoms with van der Waals surface area (Å²) in [6.07, 6.45) is -0.909. The van der Waals surface area contributed by atoms with Crippen LogP contribution in [0.3, 0.4) is 0 Å². The molecule has 1 aromatic carbocycles. The highest BCUT2D eigenvalue weighted by atomic mass is 32.2. The number of carbonyl (C=O) groups is 1. The first-order chi connectivity index (χ1) is 9.35. The molecular weight excluding hydrogens is 284 g/mol. The lowest BCUT2D eigenvalue weighted by atomic mass is 10.3. The molecule has 0 radical (unpaired) electrons. The van der Waals surface area contributed by atoms with E-state index in [1.807, 2.05) is 0 Å². The molecule has 0 aliphatic heterocycles. The average molecular weight is 302 g/mol. The number of methoxy groups -OCH3 is 1. The Kier molecular flexibility index (Phi) is 6.08. The molecule has 7 nitrogen and oxygen atoms in total. The summed E-state index contributed by atoms with van der Waals surface area (Å²) >= 11 is 0. The highest BCUT2D eigenvalue weighted by Gasteiger charge is 2.15. The van der Waals surface area contributed by atoms with Gasteiger partial charge in [-0.1, -0.05) is 0 Å². The molecule has 3 N–H and O–H groups in total. The molecule has 1 unspecified atom stereocenters. The van der Waals surface area contributed by atoms with Crippen molar-refractivity contribution in [1.29, 1.82) is 0 Å². The quantitative estimate of drug-likeness (QED) is 0.654. The van der Waals surface area contributed by atoms with Gasteiger partial charge in [0.2, 0.25) is 15.9 Å². The minimum absolute atomic E-state index is 0.0456. The van der Waals surface area contributed by atoms with E-state index in [1.165, 1.54) is 38.3 Å². The van der Waals surface area contributed by atoms with Gasteiger partial charge in [-0.05, 0) is 24.3 Å². The molecule has 1 rings (SSSR count). The number of anilines is 1. The van der Waals surface area contributed by atoms with Gasteiger partial charge >= 0.3 is 0 Å². The number of amides is 1. The van der Waals surface area contributed by atoms with Crippen LogP contribution in [0.5, 0.6) is 0 Å². The largest absolute Gasteiger partial charge is 0.389 e. The third-order valence-electron chi connectivity index (χ3n) is 2.35. The van der Waals surface area contributed by atoms with Crippen LogP contribution in [-0.4, -0.2) is 45.8 Å². The molecule has 0 bridgehead atoms. The first-order valence-electron chi connectivity index (χ1n) is 5.89. The van der Waals surface area contributed by atoms with Gasteiger partial charge in [-0.2, -0.15) is 0 Å². The van der Waals surface area contributed by atoms with E-state index < -0.39 is 16.1 Å². The standard InChI is InChI=1S/C12H18N2O5S/c1-9(15)14-10-3-5-12(6-4-10)20(17,18)13-7-11(16)8-19-2/h3-6,11,13,16H,7-8H2,1-2H3,(H,14,15). The highest BCUT2D eigenvalue weighted by molar-refractivity contribution is 7.89. The number of sulfonamides is 1. The van der Waals surface area contributed by atoms with Crippen LogP contribution in [0.25, 0.3) is 0 Å². The fourth-order valence-corrected chi connectivity index (χ4v) is 2.53. The van der Waals surface area contributed by atoms with E-state index in [1.54, 1.807) is 0 Å². The number of ether oxygens (including phenoxy) is 1. The second kappa shape index (κ2) is 7.34. The SMILES string of the molecule is COCC(O)CNS(=O)(=O)c1ccc(NC(C)=O)cc1. The Labute approximate surface area is 118 Å². The number of aliphatic hydroxyl groups is 1. The van der Waals surface area contributed by atoms with E-state index in [-0.39, 0.29) is 24.0 Å². The molecule has 0 saturated carbocycles. The summed E-state index contributed by atoms with van der Waals surface area (Å²) in [6, 6.07) is 5.72. The zero-order chi connectivity index (χ0) is 15.2. The molecule has 0 heterocycles. The lowest BCUT2D eigenvalue weighted by Gasteiger charge is -2.11. The van der Waals surface area contributed by atoms with Gasteiger partial charge in [0.15, 0.2) is 0 Å². The topological polar surface area (TPSA) is 105 Å². The van der Waals surface area contributed by atoms with Crippen LogP contribution in [0, 0.1) is 0 Å². The van der Waals surface area contributed by atoms with E-state index in [0.29, 0.717) is 5.69 Å². The molecule has 0 fully saturated rings. The fraction of sp³-hybridized carbons (Fsp3) is 0.417. The fourth-order valence-electron chi connectivity index (χ4n) is 1.46. The van der Waals surface area contributed by atoms with E-state index >= 15 is 0 Å². The smallest absolute Gasteiger partial charge is 0.240 e. The van der Waals surface area contributed by atoms with Crippen molar-refractivity contribution in [2.75, 3.05) is 25.6 Å². The first-order valence-corrected chi connectivity index (χ1v) is 7.38. The zero-order valence-electron chi connectivity index (χ0n) is 11.3. The number of aliphatic hydroxyl groups excluding tert-OH is 1. The molecule has 112 valence electrons. The highest BCUT2D eigenvalue weighted by Crippen LogP contribution is 2.13. The third kappa shape index (κ3) is 5.25. The number of rotatable bonds is 7. The van der Waals surface area contributed by atoms with Crippen molar-refractivity contribution in [3.8, 4) is 0 Å². The Morgan fingerprint density at radius 2 is 1.95 bits per heavy atom. The van der Waals surface area contributed by atoms with Crippen LogP contribution >= 0.6 is 0 Å². The molecule has 8 heteroatoms. The third-order valence-corrected chi connectivity index (χ3v) is 3.79. The summed E-state index contributed by atoms with van der Waals surface area (Å²) in [5.74, 6) is -0.235. The predicted molar refractivity (Wildman–Crippen MR) is 73.8 cm³/mol. The monoisotopic (exact) mass is 302 g/mol. The van der Waals surface area contributed by atoms with Crippen LogP contribution < -0.4 is 10.0 Å². The van der Waals surface area contributed by atoms with Crippen LogP contribution in [0.15, 0.2) is 29.2 Å². The maximum Gasteiger partial charge on any atom is 0.240 e. The maximum absolute atomic E-state index is 11.9. The number of hydrogen-bond acceptors (Lipinski definition) is 5. The van der Waals surface area contributed by atoms with E-state index in [9.17, 15) is 18.3 Å². The normalized spacial score (nSPS) is 12.9. The summed E-state index contributed by atoms with van der Waals surface area (Å²) in [6.45, 7) is 1.27. The van der Waals surface area contributed by atoms with Crippen LogP contribution in [0.4, 0.5) is 5.69 Å². The number of hydrogen-bond donors (Lipinski definition) is 3. The minimum atomic E-state index is -3.70. The summed E-state index contributed by atoms with van der Waals surface area (Å²) in [5, 5.41) is 11.9. The van der Waals surface area contributed by atoms with Crippen molar-refractivity contribution in [1.82, 2.24) is 4.72 Å². The first kappa shape index (κ1) is 16.6. The summed E-state index contributed by atoms with van der Waals surface area (Å²) < 4.78 is 30.8. The molecule has 1 amide bonds. The second-order valence-electron chi connectivity index (χ2n) is 4.17. The van der Waals surface area contributed by atoms with Crippen molar-refractivity contribution >= 4 is 21.6 Å². The van der Waals surface area contributed by atoms with Gasteiger partial charge in [-0.25, -0.2) is 13.1 Å². The van der Waals surface area contributed by atoms with Gasteiger partial charge in [0.05, 0.1) is 17.6 Å². The van der Waals surface area contributed by atoms with Gasteiger partial charge in [0.25, 0.3) is 0 Å².